The van der Waals surface area contributed by atoms with E-state index in [9.17, 15) is 9.59 Å². The minimum Gasteiger partial charge on any atom is -0.465 e. The number of carbonyl (C=O) groups excluding carboxylic acids is 2. The van der Waals surface area contributed by atoms with Crippen molar-refractivity contribution in [3.63, 3.8) is 0 Å². The summed E-state index contributed by atoms with van der Waals surface area (Å²) >= 11 is 0. The van der Waals surface area contributed by atoms with Crippen LogP contribution in [-0.2, 0) is 19.1 Å². The van der Waals surface area contributed by atoms with E-state index in [0.29, 0.717) is 13.2 Å². The molecule has 0 aliphatic heterocycles. The van der Waals surface area contributed by atoms with Gasteiger partial charge in [0.2, 0.25) is 0 Å². The van der Waals surface area contributed by atoms with Gasteiger partial charge in [-0.1, -0.05) is 19.9 Å². The quantitative estimate of drug-likeness (QED) is 0.367. The van der Waals surface area contributed by atoms with Gasteiger partial charge in [-0.15, -0.1) is 6.58 Å². The van der Waals surface area contributed by atoms with Gasteiger partial charge in [0.15, 0.2) is 5.92 Å². The molecule has 0 spiro atoms. The molecular formula is C11H18O4. The molecule has 0 unspecified atom stereocenters. The number of carbonyl (C=O) groups is 2. The highest BCUT2D eigenvalue weighted by Gasteiger charge is 2.26. The predicted molar refractivity (Wildman–Crippen MR) is 56.2 cm³/mol. The Bertz CT molecular complexity index is 203. The summed E-state index contributed by atoms with van der Waals surface area (Å²) < 4.78 is 9.67. The van der Waals surface area contributed by atoms with Crippen LogP contribution in [-0.4, -0.2) is 25.2 Å². The lowest BCUT2D eigenvalue weighted by atomic mass is 10.1. The van der Waals surface area contributed by atoms with Gasteiger partial charge in [-0.25, -0.2) is 0 Å². The fourth-order valence-corrected chi connectivity index (χ4v) is 0.874. The Morgan fingerprint density at radius 2 is 1.53 bits per heavy atom. The molecule has 4 heteroatoms. The van der Waals surface area contributed by atoms with Crippen LogP contribution in [0.1, 0.15) is 26.7 Å². The van der Waals surface area contributed by atoms with Crippen molar-refractivity contribution >= 4 is 11.9 Å². The van der Waals surface area contributed by atoms with Gasteiger partial charge in [0.25, 0.3) is 0 Å². The van der Waals surface area contributed by atoms with Gasteiger partial charge in [0, 0.05) is 0 Å². The topological polar surface area (TPSA) is 52.6 Å². The lowest BCUT2D eigenvalue weighted by Gasteiger charge is -2.10. The van der Waals surface area contributed by atoms with Crippen LogP contribution >= 0.6 is 0 Å². The molecule has 0 aromatic rings. The average molecular weight is 214 g/mol. The Labute approximate surface area is 90.2 Å². The number of rotatable bonds is 7. The zero-order chi connectivity index (χ0) is 11.7. The van der Waals surface area contributed by atoms with E-state index in [-0.39, 0.29) is 0 Å². The van der Waals surface area contributed by atoms with Crippen LogP contribution in [0.4, 0.5) is 0 Å². The Morgan fingerprint density at radius 1 is 1.13 bits per heavy atom. The first kappa shape index (κ1) is 13.7. The van der Waals surface area contributed by atoms with Crippen LogP contribution < -0.4 is 0 Å². The van der Waals surface area contributed by atoms with Crippen molar-refractivity contribution in [2.75, 3.05) is 13.2 Å². The molecule has 0 aliphatic rings. The average Bonchev–Trinajstić information content (AvgIpc) is 2.24. The summed E-state index contributed by atoms with van der Waals surface area (Å²) in [5, 5.41) is 0. The summed E-state index contributed by atoms with van der Waals surface area (Å²) in [7, 11) is 0. The first-order valence-corrected chi connectivity index (χ1v) is 5.13. The van der Waals surface area contributed by atoms with Crippen molar-refractivity contribution in [2.24, 2.45) is 5.92 Å². The van der Waals surface area contributed by atoms with Gasteiger partial charge >= 0.3 is 11.9 Å². The summed E-state index contributed by atoms with van der Waals surface area (Å²) in [5.41, 5.74) is 0. The SMILES string of the molecule is C=CC(C(=O)OCCC)C(=O)OCCC. The van der Waals surface area contributed by atoms with Crippen molar-refractivity contribution in [2.45, 2.75) is 26.7 Å². The molecule has 0 bridgehead atoms. The maximum atomic E-state index is 11.3. The van der Waals surface area contributed by atoms with Crippen LogP contribution in [0.5, 0.6) is 0 Å². The summed E-state index contributed by atoms with van der Waals surface area (Å²) in [6, 6.07) is 0. The number of ether oxygens (including phenoxy) is 2. The zero-order valence-electron chi connectivity index (χ0n) is 9.32. The highest BCUT2D eigenvalue weighted by molar-refractivity contribution is 5.96. The number of hydrogen-bond donors (Lipinski definition) is 0. The van der Waals surface area contributed by atoms with Crippen molar-refractivity contribution in [3.05, 3.63) is 12.7 Å². The molecule has 15 heavy (non-hydrogen) atoms. The van der Waals surface area contributed by atoms with Gasteiger partial charge in [0.05, 0.1) is 13.2 Å². The van der Waals surface area contributed by atoms with E-state index in [1.54, 1.807) is 0 Å². The maximum Gasteiger partial charge on any atom is 0.324 e. The van der Waals surface area contributed by atoms with Gasteiger partial charge < -0.3 is 9.47 Å². The van der Waals surface area contributed by atoms with Gasteiger partial charge in [-0.05, 0) is 12.8 Å². The van der Waals surface area contributed by atoms with Crippen LogP contribution in [0.2, 0.25) is 0 Å². The van der Waals surface area contributed by atoms with E-state index >= 15 is 0 Å². The summed E-state index contributed by atoms with van der Waals surface area (Å²) in [6.07, 6.45) is 2.69. The Hall–Kier alpha value is -1.32. The van der Waals surface area contributed by atoms with Gasteiger partial charge in [0.1, 0.15) is 0 Å². The standard InChI is InChI=1S/C11H18O4/c1-4-7-14-10(12)9(6-3)11(13)15-8-5-2/h6,9H,3-5,7-8H2,1-2H3. The van der Waals surface area contributed by atoms with E-state index < -0.39 is 17.9 Å². The molecule has 0 radical (unpaired) electrons. The fourth-order valence-electron chi connectivity index (χ4n) is 0.874. The van der Waals surface area contributed by atoms with Crippen molar-refractivity contribution in [1.29, 1.82) is 0 Å². The molecule has 0 saturated carbocycles. The molecule has 0 fully saturated rings. The Kier molecular flexibility index (Phi) is 7.32. The monoisotopic (exact) mass is 214 g/mol. The Morgan fingerprint density at radius 3 is 1.80 bits per heavy atom. The van der Waals surface area contributed by atoms with E-state index in [1.807, 2.05) is 13.8 Å². The highest BCUT2D eigenvalue weighted by Crippen LogP contribution is 2.05. The number of hydrogen-bond acceptors (Lipinski definition) is 4. The normalized spacial score (nSPS) is 9.80. The number of esters is 2. The molecule has 0 atom stereocenters. The third-order valence-electron chi connectivity index (χ3n) is 1.64. The minimum atomic E-state index is -0.997. The van der Waals surface area contributed by atoms with Gasteiger partial charge in [-0.3, -0.25) is 9.59 Å². The van der Waals surface area contributed by atoms with Gasteiger partial charge in [-0.2, -0.15) is 0 Å². The lowest BCUT2D eigenvalue weighted by Crippen LogP contribution is -2.26. The molecule has 0 amide bonds. The molecule has 0 rings (SSSR count). The van der Waals surface area contributed by atoms with Crippen LogP contribution in [0.3, 0.4) is 0 Å². The fraction of sp³-hybridized carbons (Fsp3) is 0.636. The summed E-state index contributed by atoms with van der Waals surface area (Å²) in [4.78, 5) is 22.7. The molecule has 0 saturated heterocycles. The molecule has 0 heterocycles. The molecular weight excluding hydrogens is 196 g/mol. The van der Waals surface area contributed by atoms with Crippen LogP contribution in [0.25, 0.3) is 0 Å². The van der Waals surface area contributed by atoms with Crippen molar-refractivity contribution in [3.8, 4) is 0 Å². The maximum absolute atomic E-state index is 11.3. The summed E-state index contributed by atoms with van der Waals surface area (Å²) in [5.74, 6) is -2.18. The van der Waals surface area contributed by atoms with E-state index in [2.05, 4.69) is 6.58 Å². The first-order valence-electron chi connectivity index (χ1n) is 5.13. The lowest BCUT2D eigenvalue weighted by molar-refractivity contribution is -0.159. The van der Waals surface area contributed by atoms with Crippen LogP contribution in [0.15, 0.2) is 12.7 Å². The third-order valence-corrected chi connectivity index (χ3v) is 1.64. The second kappa shape index (κ2) is 8.03. The molecule has 0 N–H and O–H groups in total. The largest absolute Gasteiger partial charge is 0.465 e. The van der Waals surface area contributed by atoms with E-state index in [4.69, 9.17) is 9.47 Å². The van der Waals surface area contributed by atoms with Crippen molar-refractivity contribution < 1.29 is 19.1 Å². The van der Waals surface area contributed by atoms with E-state index in [0.717, 1.165) is 12.8 Å². The predicted octanol–water partition coefficient (Wildman–Crippen LogP) is 1.69. The summed E-state index contributed by atoms with van der Waals surface area (Å²) in [6.45, 7) is 7.80. The molecule has 86 valence electrons. The first-order chi connectivity index (χ1) is 7.17. The van der Waals surface area contributed by atoms with Crippen LogP contribution in [0, 0.1) is 5.92 Å². The van der Waals surface area contributed by atoms with E-state index in [1.165, 1.54) is 6.08 Å². The zero-order valence-corrected chi connectivity index (χ0v) is 9.32. The molecule has 0 aliphatic carbocycles. The minimum absolute atomic E-state index is 0.310. The molecule has 0 aromatic carbocycles. The Balaban J connectivity index is 4.15. The highest BCUT2D eigenvalue weighted by atomic mass is 16.6. The second-order valence-corrected chi connectivity index (χ2v) is 3.05. The smallest absolute Gasteiger partial charge is 0.324 e. The van der Waals surface area contributed by atoms with Crippen molar-refractivity contribution in [1.82, 2.24) is 0 Å². The molecule has 4 nitrogen and oxygen atoms in total. The molecule has 0 aromatic heterocycles. The third kappa shape index (κ3) is 5.20. The second-order valence-electron chi connectivity index (χ2n) is 3.05.